The molecule has 0 fully saturated rings. The fraction of sp³-hybridized carbons (Fsp3) is 0.143. The highest BCUT2D eigenvalue weighted by Gasteiger charge is 2.04. The van der Waals surface area contributed by atoms with Crippen molar-refractivity contribution in [3.05, 3.63) is 57.0 Å². The molecule has 18 heavy (non-hydrogen) atoms. The summed E-state index contributed by atoms with van der Waals surface area (Å²) < 4.78 is 1.00. The van der Waals surface area contributed by atoms with Gasteiger partial charge in [-0.25, -0.2) is 0 Å². The Kier molecular flexibility index (Phi) is 4.60. The summed E-state index contributed by atoms with van der Waals surface area (Å²) in [6, 6.07) is 11.9. The summed E-state index contributed by atoms with van der Waals surface area (Å²) in [5.41, 5.74) is 8.97. The Morgan fingerprint density at radius 3 is 2.72 bits per heavy atom. The number of anilines is 1. The van der Waals surface area contributed by atoms with E-state index in [-0.39, 0.29) is 0 Å². The third-order valence-electron chi connectivity index (χ3n) is 2.61. The van der Waals surface area contributed by atoms with Gasteiger partial charge in [-0.3, -0.25) is 0 Å². The summed E-state index contributed by atoms with van der Waals surface area (Å²) in [4.78, 5) is 1.20. The molecule has 0 radical (unpaired) electrons. The van der Waals surface area contributed by atoms with Crippen molar-refractivity contribution in [1.29, 1.82) is 0 Å². The smallest absolute Gasteiger partial charge is 0.0457 e. The van der Waals surface area contributed by atoms with E-state index >= 15 is 0 Å². The minimum absolute atomic E-state index is 0.790. The minimum Gasteiger partial charge on any atom is -0.399 e. The van der Waals surface area contributed by atoms with Gasteiger partial charge >= 0.3 is 0 Å². The standard InChI is InChI=1S/C14H13BrClNS/c1-9-2-5-12(17)7-14(9)18-8-10-3-4-11(15)6-13(10)16/h2-7H,8,17H2,1H3. The average Bonchev–Trinajstić information content (AvgIpc) is 2.32. The molecule has 2 aromatic rings. The Hall–Kier alpha value is -0.640. The van der Waals surface area contributed by atoms with Crippen LogP contribution in [0, 0.1) is 6.92 Å². The molecular weight excluding hydrogens is 330 g/mol. The summed E-state index contributed by atoms with van der Waals surface area (Å²) in [5.74, 6) is 0.844. The highest BCUT2D eigenvalue weighted by molar-refractivity contribution is 9.10. The third kappa shape index (κ3) is 3.44. The first-order chi connectivity index (χ1) is 8.56. The fourth-order valence-electron chi connectivity index (χ4n) is 1.57. The molecule has 4 heteroatoms. The van der Waals surface area contributed by atoms with Crippen LogP contribution in [0.2, 0.25) is 5.02 Å². The van der Waals surface area contributed by atoms with E-state index in [1.165, 1.54) is 10.5 Å². The molecule has 0 bridgehead atoms. The van der Waals surface area contributed by atoms with Crippen molar-refractivity contribution < 1.29 is 0 Å². The van der Waals surface area contributed by atoms with Gasteiger partial charge in [0.05, 0.1) is 0 Å². The van der Waals surface area contributed by atoms with Crippen LogP contribution < -0.4 is 5.73 Å². The molecule has 0 amide bonds. The molecule has 2 aromatic carbocycles. The van der Waals surface area contributed by atoms with Gasteiger partial charge < -0.3 is 5.73 Å². The molecule has 94 valence electrons. The molecule has 0 aromatic heterocycles. The average molecular weight is 343 g/mol. The highest BCUT2D eigenvalue weighted by atomic mass is 79.9. The maximum atomic E-state index is 6.20. The molecule has 0 unspecified atom stereocenters. The maximum absolute atomic E-state index is 6.20. The predicted molar refractivity (Wildman–Crippen MR) is 84.3 cm³/mol. The third-order valence-corrected chi connectivity index (χ3v) is 4.66. The number of benzene rings is 2. The zero-order valence-electron chi connectivity index (χ0n) is 9.91. The van der Waals surface area contributed by atoms with Crippen LogP contribution in [0.5, 0.6) is 0 Å². The topological polar surface area (TPSA) is 26.0 Å². The van der Waals surface area contributed by atoms with Crippen LogP contribution in [0.1, 0.15) is 11.1 Å². The first-order valence-corrected chi connectivity index (χ1v) is 7.65. The van der Waals surface area contributed by atoms with Crippen LogP contribution in [0.15, 0.2) is 45.8 Å². The van der Waals surface area contributed by atoms with Crippen molar-refractivity contribution in [1.82, 2.24) is 0 Å². The Morgan fingerprint density at radius 2 is 2.00 bits per heavy atom. The molecule has 0 saturated carbocycles. The van der Waals surface area contributed by atoms with Crippen LogP contribution >= 0.6 is 39.3 Å². The lowest BCUT2D eigenvalue weighted by Crippen LogP contribution is -1.88. The molecule has 0 heterocycles. The van der Waals surface area contributed by atoms with Gasteiger partial charge in [-0.15, -0.1) is 11.8 Å². The zero-order valence-corrected chi connectivity index (χ0v) is 13.1. The monoisotopic (exact) mass is 341 g/mol. The number of nitrogens with two attached hydrogens (primary N) is 1. The van der Waals surface area contributed by atoms with E-state index in [4.69, 9.17) is 17.3 Å². The number of thioether (sulfide) groups is 1. The van der Waals surface area contributed by atoms with Crippen molar-refractivity contribution in [3.8, 4) is 0 Å². The summed E-state index contributed by atoms with van der Waals surface area (Å²) in [6.07, 6.45) is 0. The van der Waals surface area contributed by atoms with Gasteiger partial charge in [-0.1, -0.05) is 39.7 Å². The molecular formula is C14H13BrClNS. The maximum Gasteiger partial charge on any atom is 0.0457 e. The molecule has 0 aliphatic heterocycles. The van der Waals surface area contributed by atoms with Crippen molar-refractivity contribution in [2.75, 3.05) is 5.73 Å². The van der Waals surface area contributed by atoms with Crippen LogP contribution in [0.25, 0.3) is 0 Å². The lowest BCUT2D eigenvalue weighted by atomic mass is 10.2. The van der Waals surface area contributed by atoms with Crippen molar-refractivity contribution in [2.24, 2.45) is 0 Å². The number of rotatable bonds is 3. The number of aryl methyl sites for hydroxylation is 1. The molecule has 0 aliphatic rings. The van der Waals surface area contributed by atoms with E-state index in [0.29, 0.717) is 0 Å². The van der Waals surface area contributed by atoms with Crippen molar-refractivity contribution >= 4 is 45.0 Å². The van der Waals surface area contributed by atoms with E-state index in [2.05, 4.69) is 22.9 Å². The Bertz CT molecular complexity index is 572. The number of hydrogen-bond donors (Lipinski definition) is 1. The second-order valence-electron chi connectivity index (χ2n) is 4.05. The molecule has 0 spiro atoms. The summed E-state index contributed by atoms with van der Waals surface area (Å²) in [5, 5.41) is 0.790. The lowest BCUT2D eigenvalue weighted by Gasteiger charge is -2.08. The van der Waals surface area contributed by atoms with Crippen LogP contribution in [0.3, 0.4) is 0 Å². The van der Waals surface area contributed by atoms with E-state index in [0.717, 1.165) is 26.5 Å². The first-order valence-electron chi connectivity index (χ1n) is 5.49. The molecule has 1 nitrogen and oxygen atoms in total. The van der Waals surface area contributed by atoms with Gasteiger partial charge in [0.1, 0.15) is 0 Å². The van der Waals surface area contributed by atoms with Crippen LogP contribution in [0.4, 0.5) is 5.69 Å². The van der Waals surface area contributed by atoms with Gasteiger partial charge in [0.2, 0.25) is 0 Å². The second kappa shape index (κ2) is 6.00. The van der Waals surface area contributed by atoms with Crippen LogP contribution in [-0.4, -0.2) is 0 Å². The predicted octanol–water partition coefficient (Wildman–Crippen LogP) is 5.29. The molecule has 0 atom stereocenters. The fourth-order valence-corrected chi connectivity index (χ4v) is 3.46. The number of hydrogen-bond acceptors (Lipinski definition) is 2. The van der Waals surface area contributed by atoms with Gasteiger partial charge in [0, 0.05) is 25.8 Å². The normalized spacial score (nSPS) is 10.6. The van der Waals surface area contributed by atoms with E-state index in [1.54, 1.807) is 11.8 Å². The SMILES string of the molecule is Cc1ccc(N)cc1SCc1ccc(Br)cc1Cl. The second-order valence-corrected chi connectivity index (χ2v) is 6.39. The summed E-state index contributed by atoms with van der Waals surface area (Å²) in [7, 11) is 0. The Morgan fingerprint density at radius 1 is 1.22 bits per heavy atom. The van der Waals surface area contributed by atoms with E-state index < -0.39 is 0 Å². The quantitative estimate of drug-likeness (QED) is 0.606. The van der Waals surface area contributed by atoms with Gasteiger partial charge in [0.15, 0.2) is 0 Å². The summed E-state index contributed by atoms with van der Waals surface area (Å²) in [6.45, 7) is 2.09. The van der Waals surface area contributed by atoms with Crippen molar-refractivity contribution in [2.45, 2.75) is 17.6 Å². The molecule has 2 N–H and O–H groups in total. The van der Waals surface area contributed by atoms with Gasteiger partial charge in [0.25, 0.3) is 0 Å². The Balaban J connectivity index is 2.13. The molecule has 0 saturated heterocycles. The minimum atomic E-state index is 0.790. The van der Waals surface area contributed by atoms with E-state index in [9.17, 15) is 0 Å². The number of halogens is 2. The van der Waals surface area contributed by atoms with Crippen molar-refractivity contribution in [3.63, 3.8) is 0 Å². The largest absolute Gasteiger partial charge is 0.399 e. The molecule has 0 aliphatic carbocycles. The first kappa shape index (κ1) is 13.8. The zero-order chi connectivity index (χ0) is 13.1. The van der Waals surface area contributed by atoms with Gasteiger partial charge in [-0.05, 0) is 42.3 Å². The highest BCUT2D eigenvalue weighted by Crippen LogP contribution is 2.31. The molecule has 2 rings (SSSR count). The lowest BCUT2D eigenvalue weighted by molar-refractivity contribution is 1.29. The van der Waals surface area contributed by atoms with Crippen LogP contribution in [-0.2, 0) is 5.75 Å². The van der Waals surface area contributed by atoms with E-state index in [1.807, 2.05) is 36.4 Å². The number of nitrogen functional groups attached to an aromatic ring is 1. The summed E-state index contributed by atoms with van der Waals surface area (Å²) >= 11 is 11.4. The van der Waals surface area contributed by atoms with Gasteiger partial charge in [-0.2, -0.15) is 0 Å². The Labute approximate surface area is 125 Å².